The maximum atomic E-state index is 11.0. The van der Waals surface area contributed by atoms with Gasteiger partial charge in [-0.3, -0.25) is 15.1 Å². The van der Waals surface area contributed by atoms with E-state index in [4.69, 9.17) is 0 Å². The van der Waals surface area contributed by atoms with Crippen LogP contribution in [0.4, 0.5) is 11.4 Å². The lowest BCUT2D eigenvalue weighted by Crippen LogP contribution is -2.19. The van der Waals surface area contributed by atoms with Crippen molar-refractivity contribution in [2.24, 2.45) is 0 Å². The lowest BCUT2D eigenvalue weighted by atomic mass is 10.1. The summed E-state index contributed by atoms with van der Waals surface area (Å²) < 4.78 is 0.596. The Bertz CT molecular complexity index is 574. The lowest BCUT2D eigenvalue weighted by Gasteiger charge is -2.15. The Morgan fingerprint density at radius 2 is 2.37 bits per heavy atom. The van der Waals surface area contributed by atoms with Gasteiger partial charge < -0.3 is 5.32 Å². The van der Waals surface area contributed by atoms with Gasteiger partial charge in [0.25, 0.3) is 0 Å². The fraction of sp³-hybridized carbons (Fsp3) is 0.250. The van der Waals surface area contributed by atoms with Crippen molar-refractivity contribution in [1.82, 2.24) is 4.98 Å². The second-order valence-electron chi connectivity index (χ2n) is 4.15. The van der Waals surface area contributed by atoms with E-state index in [1.807, 2.05) is 12.3 Å². The number of rotatable bonds is 5. The second kappa shape index (κ2) is 6.12. The molecule has 0 aliphatic rings. The highest BCUT2D eigenvalue weighted by molar-refractivity contribution is 9.10. The number of hydrogen-bond donors (Lipinski definition) is 1. The van der Waals surface area contributed by atoms with Gasteiger partial charge in [-0.25, -0.2) is 0 Å². The molecule has 0 bridgehead atoms. The van der Waals surface area contributed by atoms with E-state index in [9.17, 15) is 10.1 Å². The molecule has 0 radical (unpaired) electrons. The zero-order valence-corrected chi connectivity index (χ0v) is 12.6. The Labute approximate surface area is 123 Å². The van der Waals surface area contributed by atoms with Crippen LogP contribution in [0, 0.1) is 10.1 Å². The highest BCUT2D eigenvalue weighted by atomic mass is 79.9. The average molecular weight is 342 g/mol. The summed E-state index contributed by atoms with van der Waals surface area (Å²) in [6, 6.07) is 2.14. The molecule has 0 amide bonds. The fourth-order valence-electron chi connectivity index (χ4n) is 1.77. The highest BCUT2D eigenvalue weighted by Gasteiger charge is 2.19. The van der Waals surface area contributed by atoms with Crippen LogP contribution in [-0.2, 0) is 6.42 Å². The van der Waals surface area contributed by atoms with Crippen molar-refractivity contribution in [3.8, 4) is 0 Å². The van der Waals surface area contributed by atoms with Gasteiger partial charge in [-0.15, -0.1) is 0 Å². The Hall–Kier alpha value is -1.47. The molecular formula is C12H12BrN3O2S. The molecule has 0 fully saturated rings. The van der Waals surface area contributed by atoms with Gasteiger partial charge in [0.1, 0.15) is 11.9 Å². The zero-order valence-electron chi connectivity index (χ0n) is 10.2. The molecule has 0 saturated heterocycles. The first-order valence-corrected chi connectivity index (χ1v) is 7.37. The van der Waals surface area contributed by atoms with Crippen molar-refractivity contribution in [3.05, 3.63) is 49.4 Å². The van der Waals surface area contributed by atoms with Crippen LogP contribution in [0.3, 0.4) is 0 Å². The van der Waals surface area contributed by atoms with E-state index in [0.29, 0.717) is 10.2 Å². The van der Waals surface area contributed by atoms with Crippen LogP contribution in [0.1, 0.15) is 12.5 Å². The van der Waals surface area contributed by atoms with Crippen molar-refractivity contribution in [2.75, 3.05) is 5.32 Å². The molecule has 7 heteroatoms. The van der Waals surface area contributed by atoms with Gasteiger partial charge >= 0.3 is 5.69 Å². The predicted molar refractivity (Wildman–Crippen MR) is 79.7 cm³/mol. The molecule has 5 nitrogen and oxygen atoms in total. The molecule has 0 aromatic carbocycles. The summed E-state index contributed by atoms with van der Waals surface area (Å²) in [5, 5.41) is 18.3. The van der Waals surface area contributed by atoms with E-state index in [-0.39, 0.29) is 11.7 Å². The number of aromatic nitrogens is 1. The van der Waals surface area contributed by atoms with Gasteiger partial charge in [-0.2, -0.15) is 11.3 Å². The van der Waals surface area contributed by atoms with Gasteiger partial charge in [0.15, 0.2) is 0 Å². The van der Waals surface area contributed by atoms with Crippen LogP contribution in [0.15, 0.2) is 33.7 Å². The smallest absolute Gasteiger partial charge is 0.311 e. The molecule has 1 N–H and O–H groups in total. The number of nitrogens with zero attached hydrogens (tertiary/aromatic N) is 2. The second-order valence-corrected chi connectivity index (χ2v) is 5.79. The lowest BCUT2D eigenvalue weighted by molar-refractivity contribution is -0.384. The fourth-order valence-corrected chi connectivity index (χ4v) is 2.88. The van der Waals surface area contributed by atoms with Gasteiger partial charge in [0, 0.05) is 12.2 Å². The largest absolute Gasteiger partial charge is 0.376 e. The van der Waals surface area contributed by atoms with Gasteiger partial charge in [0.2, 0.25) is 0 Å². The van der Waals surface area contributed by atoms with Crippen LogP contribution in [0.5, 0.6) is 0 Å². The first-order valence-electron chi connectivity index (χ1n) is 5.63. The molecule has 1 unspecified atom stereocenters. The molecule has 0 saturated carbocycles. The topological polar surface area (TPSA) is 68.1 Å². The third-order valence-corrected chi connectivity index (χ3v) is 3.92. The number of pyridine rings is 1. The van der Waals surface area contributed by atoms with Crippen molar-refractivity contribution >= 4 is 38.6 Å². The molecule has 2 heterocycles. The third-order valence-electron chi connectivity index (χ3n) is 2.59. The molecule has 1 atom stereocenters. The molecule has 2 aromatic rings. The van der Waals surface area contributed by atoms with Crippen LogP contribution in [0.25, 0.3) is 0 Å². The predicted octanol–water partition coefficient (Wildman–Crippen LogP) is 3.86. The Morgan fingerprint density at radius 3 is 3.00 bits per heavy atom. The maximum absolute atomic E-state index is 11.0. The third kappa shape index (κ3) is 3.51. The summed E-state index contributed by atoms with van der Waals surface area (Å²) in [6.07, 6.45) is 3.62. The SMILES string of the molecule is CC(Cc1ccsc1)Nc1c(Br)cncc1[N+](=O)[O-]. The maximum Gasteiger partial charge on any atom is 0.311 e. The first kappa shape index (κ1) is 14.0. The number of hydrogen-bond acceptors (Lipinski definition) is 5. The molecular weight excluding hydrogens is 330 g/mol. The van der Waals surface area contributed by atoms with Gasteiger partial charge in [0.05, 0.1) is 9.40 Å². The van der Waals surface area contributed by atoms with Crippen LogP contribution in [0.2, 0.25) is 0 Å². The van der Waals surface area contributed by atoms with E-state index in [1.165, 1.54) is 11.8 Å². The summed E-state index contributed by atoms with van der Waals surface area (Å²) in [4.78, 5) is 14.4. The number of halogens is 1. The van der Waals surface area contributed by atoms with E-state index < -0.39 is 4.92 Å². The van der Waals surface area contributed by atoms with Crippen molar-refractivity contribution in [2.45, 2.75) is 19.4 Å². The number of nitro groups is 1. The van der Waals surface area contributed by atoms with Crippen molar-refractivity contribution < 1.29 is 4.92 Å². The minimum atomic E-state index is -0.433. The average Bonchev–Trinajstić information content (AvgIpc) is 2.84. The van der Waals surface area contributed by atoms with E-state index in [0.717, 1.165) is 6.42 Å². The minimum Gasteiger partial charge on any atom is -0.376 e. The Morgan fingerprint density at radius 1 is 1.58 bits per heavy atom. The number of thiophene rings is 1. The Balaban J connectivity index is 2.16. The van der Waals surface area contributed by atoms with Crippen LogP contribution in [-0.4, -0.2) is 15.9 Å². The monoisotopic (exact) mass is 341 g/mol. The highest BCUT2D eigenvalue weighted by Crippen LogP contribution is 2.31. The molecule has 100 valence electrons. The first-order chi connectivity index (χ1) is 9.08. The standard InChI is InChI=1S/C12H12BrN3O2S/c1-8(4-9-2-3-19-7-9)15-12-10(13)5-14-6-11(12)16(17)18/h2-3,5-8H,4H2,1H3,(H,14,15). The molecule has 0 spiro atoms. The summed E-state index contributed by atoms with van der Waals surface area (Å²) in [6.45, 7) is 1.99. The molecule has 2 rings (SSSR count). The van der Waals surface area contributed by atoms with Crippen molar-refractivity contribution in [3.63, 3.8) is 0 Å². The summed E-state index contributed by atoms with van der Waals surface area (Å²) >= 11 is 4.94. The normalized spacial score (nSPS) is 12.1. The van der Waals surface area contributed by atoms with Crippen LogP contribution >= 0.6 is 27.3 Å². The summed E-state index contributed by atoms with van der Waals surface area (Å²) in [7, 11) is 0. The quantitative estimate of drug-likeness (QED) is 0.662. The van der Waals surface area contributed by atoms with E-state index >= 15 is 0 Å². The number of anilines is 1. The summed E-state index contributed by atoms with van der Waals surface area (Å²) in [5.41, 5.74) is 1.67. The number of nitrogens with one attached hydrogen (secondary N) is 1. The zero-order chi connectivity index (χ0) is 13.8. The van der Waals surface area contributed by atoms with Gasteiger partial charge in [-0.05, 0) is 51.7 Å². The van der Waals surface area contributed by atoms with E-state index in [1.54, 1.807) is 17.5 Å². The van der Waals surface area contributed by atoms with Gasteiger partial charge in [-0.1, -0.05) is 0 Å². The summed E-state index contributed by atoms with van der Waals surface area (Å²) in [5.74, 6) is 0. The molecule has 19 heavy (non-hydrogen) atoms. The molecule has 0 aliphatic carbocycles. The van der Waals surface area contributed by atoms with Crippen molar-refractivity contribution in [1.29, 1.82) is 0 Å². The Kier molecular flexibility index (Phi) is 4.49. The molecule has 0 aliphatic heterocycles. The minimum absolute atomic E-state index is 0.0217. The molecule has 2 aromatic heterocycles. The van der Waals surface area contributed by atoms with Crippen LogP contribution < -0.4 is 5.32 Å². The van der Waals surface area contributed by atoms with E-state index in [2.05, 4.69) is 37.7 Å².